The average Bonchev–Trinajstić information content (AvgIpc) is 2.19. The molecule has 0 aliphatic heterocycles. The first-order valence-electron chi connectivity index (χ1n) is 4.46. The van der Waals surface area contributed by atoms with Gasteiger partial charge in [0.2, 0.25) is 0 Å². The van der Waals surface area contributed by atoms with Crippen LogP contribution in [-0.2, 0) is 6.54 Å². The zero-order chi connectivity index (χ0) is 9.52. The van der Waals surface area contributed by atoms with Crippen LogP contribution in [0.5, 0.6) is 0 Å². The molecule has 1 N–H and O–H groups in total. The lowest BCUT2D eigenvalue weighted by Gasteiger charge is -2.08. The van der Waals surface area contributed by atoms with E-state index in [4.69, 9.17) is 0 Å². The summed E-state index contributed by atoms with van der Waals surface area (Å²) in [7, 11) is 0. The van der Waals surface area contributed by atoms with Crippen molar-refractivity contribution in [2.75, 3.05) is 12.8 Å². The molecule has 0 aliphatic rings. The molecule has 0 amide bonds. The van der Waals surface area contributed by atoms with Crippen molar-refractivity contribution in [3.63, 3.8) is 0 Å². The molecule has 1 rings (SSSR count). The molecular formula is C10H16N2S. The van der Waals surface area contributed by atoms with Crippen LogP contribution in [-0.4, -0.2) is 23.0 Å². The van der Waals surface area contributed by atoms with Crippen LogP contribution in [0.4, 0.5) is 0 Å². The van der Waals surface area contributed by atoms with Gasteiger partial charge in [0.25, 0.3) is 0 Å². The third-order valence-electron chi connectivity index (χ3n) is 1.87. The van der Waals surface area contributed by atoms with Gasteiger partial charge >= 0.3 is 0 Å². The largest absolute Gasteiger partial charge is 0.310 e. The summed E-state index contributed by atoms with van der Waals surface area (Å²) in [6, 6.07) is 5.99. The fraction of sp³-hybridized carbons (Fsp3) is 0.500. The van der Waals surface area contributed by atoms with E-state index >= 15 is 0 Å². The van der Waals surface area contributed by atoms with E-state index < -0.39 is 0 Å². The smallest absolute Gasteiger partial charge is 0.0541 e. The van der Waals surface area contributed by atoms with Crippen molar-refractivity contribution in [3.8, 4) is 0 Å². The maximum absolute atomic E-state index is 4.23. The van der Waals surface area contributed by atoms with Crippen LogP contribution in [0.2, 0.25) is 0 Å². The minimum Gasteiger partial charge on any atom is -0.310 e. The molecule has 1 atom stereocenters. The van der Waals surface area contributed by atoms with Gasteiger partial charge in [-0.3, -0.25) is 4.98 Å². The molecule has 1 unspecified atom stereocenters. The Kier molecular flexibility index (Phi) is 4.86. The van der Waals surface area contributed by atoms with Gasteiger partial charge < -0.3 is 5.32 Å². The number of hydrogen-bond donors (Lipinski definition) is 1. The Hall–Kier alpha value is -0.540. The second-order valence-corrected chi connectivity index (χ2v) is 4.27. The second-order valence-electron chi connectivity index (χ2n) is 3.00. The molecular weight excluding hydrogens is 180 g/mol. The molecule has 13 heavy (non-hydrogen) atoms. The average molecular weight is 196 g/mol. The molecule has 3 heteroatoms. The Bertz CT molecular complexity index is 226. The lowest BCUT2D eigenvalue weighted by Crippen LogP contribution is -2.22. The van der Waals surface area contributed by atoms with Gasteiger partial charge in [-0.1, -0.05) is 13.0 Å². The Morgan fingerprint density at radius 3 is 3.00 bits per heavy atom. The van der Waals surface area contributed by atoms with Crippen LogP contribution in [0.1, 0.15) is 12.6 Å². The molecule has 0 bridgehead atoms. The standard InChI is InChI=1S/C10H16N2S/c1-9(13-2)7-11-8-10-5-3-4-6-12-10/h3-6,9,11H,7-8H2,1-2H3. The minimum atomic E-state index is 0.670. The molecule has 2 nitrogen and oxygen atoms in total. The maximum Gasteiger partial charge on any atom is 0.0541 e. The number of hydrogen-bond acceptors (Lipinski definition) is 3. The topological polar surface area (TPSA) is 24.9 Å². The zero-order valence-corrected chi connectivity index (χ0v) is 8.97. The first-order valence-corrected chi connectivity index (χ1v) is 5.75. The van der Waals surface area contributed by atoms with Gasteiger partial charge in [0, 0.05) is 24.5 Å². The highest BCUT2D eigenvalue weighted by Gasteiger charge is 1.98. The molecule has 0 spiro atoms. The zero-order valence-electron chi connectivity index (χ0n) is 8.16. The van der Waals surface area contributed by atoms with Crippen LogP contribution in [0.25, 0.3) is 0 Å². The van der Waals surface area contributed by atoms with Gasteiger partial charge in [0.1, 0.15) is 0 Å². The van der Waals surface area contributed by atoms with Crippen molar-refractivity contribution >= 4 is 11.8 Å². The van der Waals surface area contributed by atoms with E-state index in [1.54, 1.807) is 0 Å². The Labute approximate surface area is 84.1 Å². The number of nitrogens with one attached hydrogen (secondary N) is 1. The SMILES string of the molecule is CSC(C)CNCc1ccccn1. The van der Waals surface area contributed by atoms with Crippen molar-refractivity contribution in [3.05, 3.63) is 30.1 Å². The Balaban J connectivity index is 2.20. The summed E-state index contributed by atoms with van der Waals surface area (Å²) in [5.74, 6) is 0. The first kappa shape index (κ1) is 10.5. The lowest BCUT2D eigenvalue weighted by atomic mass is 10.3. The van der Waals surface area contributed by atoms with Crippen molar-refractivity contribution in [1.29, 1.82) is 0 Å². The Morgan fingerprint density at radius 1 is 1.54 bits per heavy atom. The highest BCUT2D eigenvalue weighted by atomic mass is 32.2. The summed E-state index contributed by atoms with van der Waals surface area (Å²) in [4.78, 5) is 4.23. The molecule has 0 fully saturated rings. The number of thioether (sulfide) groups is 1. The molecule has 1 aromatic heterocycles. The van der Waals surface area contributed by atoms with E-state index in [0.29, 0.717) is 5.25 Å². The van der Waals surface area contributed by atoms with Crippen molar-refractivity contribution in [2.24, 2.45) is 0 Å². The van der Waals surface area contributed by atoms with Gasteiger partial charge in [-0.2, -0.15) is 11.8 Å². The third-order valence-corrected chi connectivity index (χ3v) is 2.84. The molecule has 0 aliphatic carbocycles. The number of aromatic nitrogens is 1. The molecule has 72 valence electrons. The molecule has 0 aromatic carbocycles. The van der Waals surface area contributed by atoms with Gasteiger partial charge in [0.15, 0.2) is 0 Å². The fourth-order valence-corrected chi connectivity index (χ4v) is 1.27. The first-order chi connectivity index (χ1) is 6.33. The molecule has 1 heterocycles. The summed E-state index contributed by atoms with van der Waals surface area (Å²) in [5, 5.41) is 4.04. The maximum atomic E-state index is 4.23. The van der Waals surface area contributed by atoms with Crippen molar-refractivity contribution in [1.82, 2.24) is 10.3 Å². The van der Waals surface area contributed by atoms with Gasteiger partial charge in [-0.25, -0.2) is 0 Å². The van der Waals surface area contributed by atoms with Gasteiger partial charge in [0.05, 0.1) is 5.69 Å². The van der Waals surface area contributed by atoms with E-state index in [0.717, 1.165) is 18.8 Å². The molecule has 0 saturated carbocycles. The molecule has 1 aromatic rings. The van der Waals surface area contributed by atoms with Crippen LogP contribution < -0.4 is 5.32 Å². The van der Waals surface area contributed by atoms with Crippen LogP contribution in [0, 0.1) is 0 Å². The van der Waals surface area contributed by atoms with Crippen LogP contribution >= 0.6 is 11.8 Å². The number of nitrogens with zero attached hydrogens (tertiary/aromatic N) is 1. The predicted molar refractivity (Wildman–Crippen MR) is 58.9 cm³/mol. The second kappa shape index (κ2) is 6.00. The highest BCUT2D eigenvalue weighted by molar-refractivity contribution is 7.99. The Morgan fingerprint density at radius 2 is 2.38 bits per heavy atom. The van der Waals surface area contributed by atoms with E-state index in [-0.39, 0.29) is 0 Å². The van der Waals surface area contributed by atoms with Gasteiger partial charge in [-0.15, -0.1) is 0 Å². The fourth-order valence-electron chi connectivity index (χ4n) is 0.990. The van der Waals surface area contributed by atoms with E-state index in [1.165, 1.54) is 0 Å². The highest BCUT2D eigenvalue weighted by Crippen LogP contribution is 2.02. The summed E-state index contributed by atoms with van der Waals surface area (Å²) in [5.41, 5.74) is 1.11. The monoisotopic (exact) mass is 196 g/mol. The molecule has 0 saturated heterocycles. The minimum absolute atomic E-state index is 0.670. The van der Waals surface area contributed by atoms with Crippen LogP contribution in [0.3, 0.4) is 0 Å². The number of pyridine rings is 1. The molecule has 0 radical (unpaired) electrons. The van der Waals surface area contributed by atoms with E-state index in [2.05, 4.69) is 23.5 Å². The predicted octanol–water partition coefficient (Wildman–Crippen LogP) is 1.92. The summed E-state index contributed by atoms with van der Waals surface area (Å²) >= 11 is 1.88. The van der Waals surface area contributed by atoms with E-state index in [1.807, 2.05) is 36.2 Å². The van der Waals surface area contributed by atoms with Gasteiger partial charge in [-0.05, 0) is 18.4 Å². The third kappa shape index (κ3) is 4.29. The normalized spacial score (nSPS) is 12.8. The summed E-state index contributed by atoms with van der Waals surface area (Å²) in [6.07, 6.45) is 3.96. The van der Waals surface area contributed by atoms with Crippen molar-refractivity contribution < 1.29 is 0 Å². The summed E-state index contributed by atoms with van der Waals surface area (Å²) < 4.78 is 0. The quantitative estimate of drug-likeness (QED) is 0.779. The van der Waals surface area contributed by atoms with E-state index in [9.17, 15) is 0 Å². The summed E-state index contributed by atoms with van der Waals surface area (Å²) in [6.45, 7) is 4.12. The van der Waals surface area contributed by atoms with Crippen LogP contribution in [0.15, 0.2) is 24.4 Å². The lowest BCUT2D eigenvalue weighted by molar-refractivity contribution is 0.673. The van der Waals surface area contributed by atoms with Crippen molar-refractivity contribution in [2.45, 2.75) is 18.7 Å². The number of rotatable bonds is 5.